The highest BCUT2D eigenvalue weighted by Gasteiger charge is 1.98. The van der Waals surface area contributed by atoms with E-state index in [0.717, 1.165) is 16.9 Å². The summed E-state index contributed by atoms with van der Waals surface area (Å²) >= 11 is 5.92. The van der Waals surface area contributed by atoms with E-state index in [1.54, 1.807) is 0 Å². The largest absolute Gasteiger partial charge is 0.489 e. The van der Waals surface area contributed by atoms with E-state index in [2.05, 4.69) is 4.99 Å². The van der Waals surface area contributed by atoms with Crippen molar-refractivity contribution in [3.8, 4) is 5.75 Å². The monoisotopic (exact) mass is 289 g/mol. The molecule has 20 heavy (non-hydrogen) atoms. The van der Waals surface area contributed by atoms with Gasteiger partial charge < -0.3 is 16.2 Å². The molecule has 0 aliphatic rings. The van der Waals surface area contributed by atoms with Crippen LogP contribution in [0.15, 0.2) is 53.5 Å². The molecule has 0 fully saturated rings. The topological polar surface area (TPSA) is 73.6 Å². The Labute approximate surface area is 123 Å². The van der Waals surface area contributed by atoms with E-state index >= 15 is 0 Å². The first-order valence-corrected chi connectivity index (χ1v) is 6.53. The number of rotatable bonds is 5. The van der Waals surface area contributed by atoms with E-state index in [9.17, 15) is 0 Å². The Bertz CT molecular complexity index is 592. The molecule has 2 aromatic rings. The zero-order chi connectivity index (χ0) is 14.4. The number of guanidine groups is 1. The lowest BCUT2D eigenvalue weighted by Crippen LogP contribution is -2.22. The van der Waals surface area contributed by atoms with Gasteiger partial charge in [0.2, 0.25) is 0 Å². The molecule has 0 aromatic heterocycles. The van der Waals surface area contributed by atoms with Crippen LogP contribution in [0, 0.1) is 0 Å². The van der Waals surface area contributed by atoms with Crippen LogP contribution in [-0.2, 0) is 13.2 Å². The molecule has 0 saturated heterocycles. The van der Waals surface area contributed by atoms with Gasteiger partial charge in [-0.2, -0.15) is 0 Å². The molecule has 0 aliphatic heterocycles. The summed E-state index contributed by atoms with van der Waals surface area (Å²) in [4.78, 5) is 3.94. The molecule has 104 valence electrons. The van der Waals surface area contributed by atoms with E-state index in [4.69, 9.17) is 27.8 Å². The SMILES string of the molecule is NC(N)=NCc1ccc(OCc2cccc(Cl)c2)cc1. The second-order valence-electron chi connectivity index (χ2n) is 4.30. The Balaban J connectivity index is 1.92. The molecule has 0 unspecified atom stereocenters. The molecular weight excluding hydrogens is 274 g/mol. The lowest BCUT2D eigenvalue weighted by Gasteiger charge is -2.07. The van der Waals surface area contributed by atoms with Crippen LogP contribution in [0.4, 0.5) is 0 Å². The average molecular weight is 290 g/mol. The molecular formula is C15H16ClN3O. The van der Waals surface area contributed by atoms with Crippen LogP contribution in [0.1, 0.15) is 11.1 Å². The van der Waals surface area contributed by atoms with E-state index in [1.807, 2.05) is 48.5 Å². The van der Waals surface area contributed by atoms with Crippen molar-refractivity contribution in [1.29, 1.82) is 0 Å². The molecule has 2 aromatic carbocycles. The van der Waals surface area contributed by atoms with Gasteiger partial charge in [0.1, 0.15) is 12.4 Å². The minimum absolute atomic E-state index is 0.0892. The fraction of sp³-hybridized carbons (Fsp3) is 0.133. The van der Waals surface area contributed by atoms with Crippen molar-refractivity contribution in [3.63, 3.8) is 0 Å². The Morgan fingerprint density at radius 1 is 1.05 bits per heavy atom. The minimum Gasteiger partial charge on any atom is -0.489 e. The number of nitrogens with zero attached hydrogens (tertiary/aromatic N) is 1. The lowest BCUT2D eigenvalue weighted by atomic mass is 10.2. The molecule has 0 amide bonds. The van der Waals surface area contributed by atoms with Gasteiger partial charge in [0.25, 0.3) is 0 Å². The fourth-order valence-corrected chi connectivity index (χ4v) is 1.88. The molecule has 0 bridgehead atoms. The number of nitrogens with two attached hydrogens (primary N) is 2. The highest BCUT2D eigenvalue weighted by atomic mass is 35.5. The van der Waals surface area contributed by atoms with Crippen LogP contribution in [-0.4, -0.2) is 5.96 Å². The first-order chi connectivity index (χ1) is 9.63. The number of benzene rings is 2. The van der Waals surface area contributed by atoms with Gasteiger partial charge in [0.05, 0.1) is 6.54 Å². The Kier molecular flexibility index (Phi) is 4.85. The molecule has 0 spiro atoms. The number of hydrogen-bond donors (Lipinski definition) is 2. The maximum absolute atomic E-state index is 5.92. The number of aliphatic imine (C=N–C) groups is 1. The van der Waals surface area contributed by atoms with Crippen molar-refractivity contribution in [2.75, 3.05) is 0 Å². The van der Waals surface area contributed by atoms with Gasteiger partial charge >= 0.3 is 0 Å². The summed E-state index contributed by atoms with van der Waals surface area (Å²) in [6, 6.07) is 15.2. The highest BCUT2D eigenvalue weighted by molar-refractivity contribution is 6.30. The van der Waals surface area contributed by atoms with Crippen molar-refractivity contribution in [2.24, 2.45) is 16.5 Å². The van der Waals surface area contributed by atoms with Crippen LogP contribution in [0.2, 0.25) is 5.02 Å². The van der Waals surface area contributed by atoms with Crippen molar-refractivity contribution in [2.45, 2.75) is 13.2 Å². The van der Waals surface area contributed by atoms with Crippen molar-refractivity contribution >= 4 is 17.6 Å². The zero-order valence-electron chi connectivity index (χ0n) is 10.9. The highest BCUT2D eigenvalue weighted by Crippen LogP contribution is 2.16. The van der Waals surface area contributed by atoms with Gasteiger partial charge in [-0.15, -0.1) is 0 Å². The van der Waals surface area contributed by atoms with Gasteiger partial charge in [-0.3, -0.25) is 0 Å². The molecule has 4 N–H and O–H groups in total. The Morgan fingerprint density at radius 2 is 1.80 bits per heavy atom. The smallest absolute Gasteiger partial charge is 0.186 e. The normalized spacial score (nSPS) is 10.1. The summed E-state index contributed by atoms with van der Waals surface area (Å²) in [5, 5.41) is 0.707. The molecule has 0 saturated carbocycles. The summed E-state index contributed by atoms with van der Waals surface area (Å²) < 4.78 is 5.68. The van der Waals surface area contributed by atoms with Crippen LogP contribution < -0.4 is 16.2 Å². The van der Waals surface area contributed by atoms with Crippen LogP contribution in [0.3, 0.4) is 0 Å². The number of hydrogen-bond acceptors (Lipinski definition) is 2. The van der Waals surface area contributed by atoms with Crippen LogP contribution in [0.5, 0.6) is 5.75 Å². The van der Waals surface area contributed by atoms with Crippen molar-refractivity contribution in [1.82, 2.24) is 0 Å². The van der Waals surface area contributed by atoms with E-state index in [0.29, 0.717) is 18.2 Å². The Hall–Kier alpha value is -2.20. The predicted molar refractivity (Wildman–Crippen MR) is 81.7 cm³/mol. The maximum Gasteiger partial charge on any atom is 0.186 e. The molecule has 0 radical (unpaired) electrons. The third-order valence-corrected chi connectivity index (χ3v) is 2.90. The third kappa shape index (κ3) is 4.48. The summed E-state index contributed by atoms with van der Waals surface area (Å²) in [6.45, 7) is 0.949. The van der Waals surface area contributed by atoms with Crippen molar-refractivity contribution < 1.29 is 4.74 Å². The summed E-state index contributed by atoms with van der Waals surface area (Å²) in [5.41, 5.74) is 12.6. The molecule has 0 heterocycles. The standard InChI is InChI=1S/C15H16ClN3O/c16-13-3-1-2-12(8-13)10-20-14-6-4-11(5-7-14)9-19-15(17)18/h1-8H,9-10H2,(H4,17,18,19). The van der Waals surface area contributed by atoms with E-state index < -0.39 is 0 Å². The summed E-state index contributed by atoms with van der Waals surface area (Å²) in [5.74, 6) is 0.879. The molecule has 4 nitrogen and oxygen atoms in total. The van der Waals surface area contributed by atoms with Crippen LogP contribution >= 0.6 is 11.6 Å². The average Bonchev–Trinajstić information content (AvgIpc) is 2.44. The first-order valence-electron chi connectivity index (χ1n) is 6.15. The molecule has 5 heteroatoms. The summed E-state index contributed by atoms with van der Waals surface area (Å²) in [6.07, 6.45) is 0. The second kappa shape index (κ2) is 6.82. The zero-order valence-corrected chi connectivity index (χ0v) is 11.7. The second-order valence-corrected chi connectivity index (χ2v) is 4.74. The number of ether oxygens (including phenoxy) is 1. The number of halogens is 1. The van der Waals surface area contributed by atoms with E-state index in [-0.39, 0.29) is 5.96 Å². The molecule has 0 atom stereocenters. The van der Waals surface area contributed by atoms with Crippen molar-refractivity contribution in [3.05, 3.63) is 64.7 Å². The quantitative estimate of drug-likeness (QED) is 0.656. The van der Waals surface area contributed by atoms with Gasteiger partial charge in [-0.05, 0) is 35.4 Å². The first kappa shape index (κ1) is 14.2. The predicted octanol–water partition coefficient (Wildman–Crippen LogP) is 2.69. The van der Waals surface area contributed by atoms with Gasteiger partial charge in [-0.1, -0.05) is 35.9 Å². The maximum atomic E-state index is 5.92. The summed E-state index contributed by atoms with van der Waals surface area (Å²) in [7, 11) is 0. The Morgan fingerprint density at radius 3 is 2.45 bits per heavy atom. The fourth-order valence-electron chi connectivity index (χ4n) is 1.67. The third-order valence-electron chi connectivity index (χ3n) is 2.66. The van der Waals surface area contributed by atoms with Crippen LogP contribution in [0.25, 0.3) is 0 Å². The minimum atomic E-state index is 0.0892. The molecule has 0 aliphatic carbocycles. The van der Waals surface area contributed by atoms with Gasteiger partial charge in [0, 0.05) is 5.02 Å². The lowest BCUT2D eigenvalue weighted by molar-refractivity contribution is 0.306. The van der Waals surface area contributed by atoms with Gasteiger partial charge in [0.15, 0.2) is 5.96 Å². The van der Waals surface area contributed by atoms with E-state index in [1.165, 1.54) is 0 Å². The molecule has 2 rings (SSSR count). The van der Waals surface area contributed by atoms with Gasteiger partial charge in [-0.25, -0.2) is 4.99 Å².